The van der Waals surface area contributed by atoms with Crippen molar-refractivity contribution in [3.05, 3.63) is 113 Å². The Labute approximate surface area is 188 Å². The van der Waals surface area contributed by atoms with E-state index in [0.717, 1.165) is 36.5 Å². The number of fused-ring (bicyclic) bond motifs is 3. The highest BCUT2D eigenvalue weighted by Gasteiger charge is 2.22. The summed E-state index contributed by atoms with van der Waals surface area (Å²) in [4.78, 5) is 1.17. The van der Waals surface area contributed by atoms with E-state index in [1.165, 1.54) is 38.3 Å². The molecule has 0 aromatic heterocycles. The second-order valence-corrected chi connectivity index (χ2v) is 8.97. The highest BCUT2D eigenvalue weighted by Crippen LogP contribution is 2.43. The van der Waals surface area contributed by atoms with Gasteiger partial charge < -0.3 is 11.1 Å². The first-order valence-electron chi connectivity index (χ1n) is 10.8. The number of aryl methyl sites for hydroxylation is 1. The molecule has 0 fully saturated rings. The Morgan fingerprint density at radius 1 is 0.774 bits per heavy atom. The van der Waals surface area contributed by atoms with Crippen LogP contribution in [-0.2, 0) is 25.1 Å². The number of nitrogens with one attached hydrogen (secondary N) is 1. The van der Waals surface area contributed by atoms with Crippen molar-refractivity contribution >= 4 is 23.1 Å². The van der Waals surface area contributed by atoms with Gasteiger partial charge in [0, 0.05) is 28.4 Å². The summed E-state index contributed by atoms with van der Waals surface area (Å²) in [5.74, 6) is 0.928. The van der Waals surface area contributed by atoms with E-state index in [4.69, 9.17) is 5.73 Å². The first-order chi connectivity index (χ1) is 15.3. The van der Waals surface area contributed by atoms with Crippen molar-refractivity contribution in [3.8, 4) is 11.1 Å². The zero-order chi connectivity index (χ0) is 21.0. The van der Waals surface area contributed by atoms with Gasteiger partial charge in [-0.25, -0.2) is 0 Å². The van der Waals surface area contributed by atoms with Gasteiger partial charge in [-0.05, 0) is 58.9 Å². The van der Waals surface area contributed by atoms with Gasteiger partial charge >= 0.3 is 0 Å². The molecule has 0 atom stereocenters. The van der Waals surface area contributed by atoms with Crippen molar-refractivity contribution < 1.29 is 0 Å². The molecule has 3 N–H and O–H groups in total. The van der Waals surface area contributed by atoms with Crippen LogP contribution in [0.3, 0.4) is 0 Å². The van der Waals surface area contributed by atoms with E-state index in [1.54, 1.807) is 0 Å². The molecular formula is C28H26N2S. The van der Waals surface area contributed by atoms with Crippen LogP contribution in [-0.4, -0.2) is 0 Å². The topological polar surface area (TPSA) is 38.0 Å². The third kappa shape index (κ3) is 4.19. The molecule has 1 aliphatic carbocycles. The van der Waals surface area contributed by atoms with Crippen molar-refractivity contribution in [1.82, 2.24) is 0 Å². The molecule has 3 heteroatoms. The number of nitrogen functional groups attached to an aromatic ring is 1. The van der Waals surface area contributed by atoms with Crippen molar-refractivity contribution in [3.63, 3.8) is 0 Å². The van der Waals surface area contributed by atoms with E-state index in [0.29, 0.717) is 0 Å². The van der Waals surface area contributed by atoms with E-state index in [9.17, 15) is 0 Å². The lowest BCUT2D eigenvalue weighted by molar-refractivity contribution is 0.915. The summed E-state index contributed by atoms with van der Waals surface area (Å²) in [5.41, 5.74) is 16.8. The van der Waals surface area contributed by atoms with Crippen LogP contribution in [0.4, 0.5) is 11.4 Å². The van der Waals surface area contributed by atoms with Gasteiger partial charge in [-0.2, -0.15) is 0 Å². The van der Waals surface area contributed by atoms with E-state index in [1.807, 2.05) is 17.8 Å². The van der Waals surface area contributed by atoms with E-state index < -0.39 is 0 Å². The minimum atomic E-state index is 0.824. The lowest BCUT2D eigenvalue weighted by Gasteiger charge is -2.25. The average molecular weight is 423 g/mol. The second kappa shape index (κ2) is 8.91. The third-order valence-corrected chi connectivity index (χ3v) is 7.12. The molecule has 31 heavy (non-hydrogen) atoms. The summed E-state index contributed by atoms with van der Waals surface area (Å²) < 4.78 is 0. The number of hydrogen-bond acceptors (Lipinski definition) is 3. The van der Waals surface area contributed by atoms with Gasteiger partial charge in [-0.15, -0.1) is 11.8 Å². The summed E-state index contributed by atoms with van der Waals surface area (Å²) in [6.45, 7) is 0.824. The fraction of sp³-hybridized carbons (Fsp3) is 0.143. The Morgan fingerprint density at radius 2 is 1.55 bits per heavy atom. The van der Waals surface area contributed by atoms with Gasteiger partial charge in [0.1, 0.15) is 0 Å². The lowest BCUT2D eigenvalue weighted by Crippen LogP contribution is -2.11. The van der Waals surface area contributed by atoms with Gasteiger partial charge in [-0.3, -0.25) is 0 Å². The Hall–Kier alpha value is -3.17. The Balaban J connectivity index is 1.43. The molecule has 154 valence electrons. The fourth-order valence-electron chi connectivity index (χ4n) is 4.38. The van der Waals surface area contributed by atoms with Gasteiger partial charge in [0.15, 0.2) is 0 Å². The average Bonchev–Trinajstić information content (AvgIpc) is 2.83. The molecule has 0 radical (unpaired) electrons. The largest absolute Gasteiger partial charge is 0.397 e. The SMILES string of the molecule is Nc1c(SCc2ccccc2)ccc2c1-c1cccc(CNc3ccccc3)c1CC2. The second-order valence-electron chi connectivity index (χ2n) is 7.95. The quantitative estimate of drug-likeness (QED) is 0.261. The van der Waals surface area contributed by atoms with E-state index in [-0.39, 0.29) is 0 Å². The minimum Gasteiger partial charge on any atom is -0.397 e. The highest BCUT2D eigenvalue weighted by molar-refractivity contribution is 7.98. The Bertz CT molecular complexity index is 1190. The van der Waals surface area contributed by atoms with Crippen LogP contribution in [0.2, 0.25) is 0 Å². The van der Waals surface area contributed by atoms with Crippen LogP contribution in [0.15, 0.2) is 95.9 Å². The van der Waals surface area contributed by atoms with Crippen molar-refractivity contribution in [1.29, 1.82) is 0 Å². The molecule has 0 bridgehead atoms. The molecule has 1 aliphatic rings. The molecule has 0 unspecified atom stereocenters. The predicted molar refractivity (Wildman–Crippen MR) is 133 cm³/mol. The number of hydrogen-bond donors (Lipinski definition) is 2. The Kier molecular flexibility index (Phi) is 5.68. The standard InChI is InChI=1S/C28H26N2S/c29-28-26(31-19-20-8-3-1-4-9-20)17-15-21-14-16-24-22(10-7-13-25(24)27(21)28)18-30-23-11-5-2-6-12-23/h1-13,15,17,30H,14,16,18-19,29H2. The van der Waals surface area contributed by atoms with Crippen molar-refractivity contribution in [2.45, 2.75) is 30.0 Å². The molecule has 0 saturated carbocycles. The monoisotopic (exact) mass is 422 g/mol. The van der Waals surface area contributed by atoms with Crippen LogP contribution in [0, 0.1) is 0 Å². The van der Waals surface area contributed by atoms with Crippen molar-refractivity contribution in [2.75, 3.05) is 11.1 Å². The highest BCUT2D eigenvalue weighted by atomic mass is 32.2. The van der Waals surface area contributed by atoms with E-state index >= 15 is 0 Å². The van der Waals surface area contributed by atoms with Crippen LogP contribution < -0.4 is 11.1 Å². The molecule has 5 rings (SSSR count). The Morgan fingerprint density at radius 3 is 2.35 bits per heavy atom. The molecule has 0 heterocycles. The number of rotatable bonds is 6. The third-order valence-electron chi connectivity index (χ3n) is 5.97. The number of thioether (sulfide) groups is 1. The fourth-order valence-corrected chi connectivity index (χ4v) is 5.31. The number of benzene rings is 4. The number of para-hydroxylation sites is 1. The van der Waals surface area contributed by atoms with Gasteiger partial charge in [-0.1, -0.05) is 72.8 Å². The van der Waals surface area contributed by atoms with Crippen LogP contribution in [0.5, 0.6) is 0 Å². The molecule has 0 aliphatic heterocycles. The normalized spacial score (nSPS) is 12.1. The summed E-state index contributed by atoms with van der Waals surface area (Å²) in [6.07, 6.45) is 2.10. The van der Waals surface area contributed by atoms with Gasteiger partial charge in [0.05, 0.1) is 5.69 Å². The molecule has 2 nitrogen and oxygen atoms in total. The number of nitrogens with two attached hydrogens (primary N) is 1. The van der Waals surface area contributed by atoms with Crippen LogP contribution in [0.25, 0.3) is 11.1 Å². The first-order valence-corrected chi connectivity index (χ1v) is 11.8. The summed E-state index contributed by atoms with van der Waals surface area (Å²) in [5, 5.41) is 3.56. The van der Waals surface area contributed by atoms with Crippen LogP contribution >= 0.6 is 11.8 Å². The summed E-state index contributed by atoms with van der Waals surface area (Å²) in [6, 6.07) is 32.1. The molecule has 0 saturated heterocycles. The molecule has 4 aromatic rings. The zero-order valence-electron chi connectivity index (χ0n) is 17.5. The van der Waals surface area contributed by atoms with Gasteiger partial charge in [0.2, 0.25) is 0 Å². The molecule has 0 amide bonds. The zero-order valence-corrected chi connectivity index (χ0v) is 18.3. The van der Waals surface area contributed by atoms with Crippen LogP contribution in [0.1, 0.15) is 22.3 Å². The maximum Gasteiger partial charge on any atom is 0.0534 e. The summed E-state index contributed by atoms with van der Waals surface area (Å²) >= 11 is 1.82. The minimum absolute atomic E-state index is 0.824. The maximum atomic E-state index is 6.76. The summed E-state index contributed by atoms with van der Waals surface area (Å²) in [7, 11) is 0. The smallest absolute Gasteiger partial charge is 0.0534 e. The predicted octanol–water partition coefficient (Wildman–Crippen LogP) is 6.94. The molecular weight excluding hydrogens is 396 g/mol. The number of anilines is 2. The molecule has 0 spiro atoms. The maximum absolute atomic E-state index is 6.76. The molecule has 4 aromatic carbocycles. The van der Waals surface area contributed by atoms with Gasteiger partial charge in [0.25, 0.3) is 0 Å². The first kappa shape index (κ1) is 19.8. The van der Waals surface area contributed by atoms with Crippen molar-refractivity contribution in [2.24, 2.45) is 0 Å². The van der Waals surface area contributed by atoms with E-state index in [2.05, 4.69) is 90.2 Å². The lowest BCUT2D eigenvalue weighted by atomic mass is 9.82.